The van der Waals surface area contributed by atoms with Crippen LogP contribution in [-0.4, -0.2) is 49.4 Å². The van der Waals surface area contributed by atoms with Gasteiger partial charge in [-0.1, -0.05) is 0 Å². The smallest absolute Gasteiger partial charge is 0.338 e. The Hall–Kier alpha value is -1.80. The molecule has 0 unspecified atom stereocenters. The summed E-state index contributed by atoms with van der Waals surface area (Å²) in [5.74, 6) is 0.136. The maximum absolute atomic E-state index is 13.3. The molecule has 5 nitrogen and oxygen atoms in total. The van der Waals surface area contributed by atoms with Crippen LogP contribution in [0, 0.1) is 11.8 Å². The molecule has 1 N–H and O–H groups in total. The van der Waals surface area contributed by atoms with Crippen molar-refractivity contribution in [2.24, 2.45) is 11.8 Å². The van der Waals surface area contributed by atoms with Crippen LogP contribution in [-0.2, 0) is 11.0 Å². The van der Waals surface area contributed by atoms with Crippen LogP contribution in [0.1, 0.15) is 28.8 Å². The fourth-order valence-electron chi connectivity index (χ4n) is 4.18. The average Bonchev–Trinajstić information content (AvgIpc) is 3.28. The lowest BCUT2D eigenvalue weighted by Crippen LogP contribution is -2.32. The van der Waals surface area contributed by atoms with Gasteiger partial charge >= 0.3 is 6.18 Å². The van der Waals surface area contributed by atoms with Crippen molar-refractivity contribution in [1.29, 1.82) is 0 Å². The molecular formula is C18H21ClF3N3O2. The fraction of sp³-hybridized carbons (Fsp3) is 0.556. The Balaban J connectivity index is 0.00000210. The van der Waals surface area contributed by atoms with Gasteiger partial charge in [0.2, 0.25) is 5.91 Å². The summed E-state index contributed by atoms with van der Waals surface area (Å²) < 4.78 is 40.0. The number of anilines is 1. The Bertz CT molecular complexity index is 744. The molecule has 4 rings (SSSR count). The van der Waals surface area contributed by atoms with Crippen molar-refractivity contribution in [3.05, 3.63) is 29.3 Å². The molecule has 0 saturated carbocycles. The van der Waals surface area contributed by atoms with Crippen LogP contribution in [0.15, 0.2) is 18.2 Å². The summed E-state index contributed by atoms with van der Waals surface area (Å²) >= 11 is 0. The standard InChI is InChI=1S/C18H20F3N3O2.ClH/c19-18(20,21)14-4-11(5-15(6-14)24-3-1-2-16(24)25)17(26)23-9-12-7-22-8-13(12)10-23;/h4-6,12-13,22H,1-3,7-10H2;1H/t12-,13+;. The Labute approximate surface area is 161 Å². The lowest BCUT2D eigenvalue weighted by atomic mass is 10.0. The van der Waals surface area contributed by atoms with Crippen molar-refractivity contribution in [3.8, 4) is 0 Å². The van der Waals surface area contributed by atoms with Crippen molar-refractivity contribution < 1.29 is 22.8 Å². The average molecular weight is 404 g/mol. The van der Waals surface area contributed by atoms with E-state index < -0.39 is 17.6 Å². The molecule has 3 aliphatic heterocycles. The fourth-order valence-corrected chi connectivity index (χ4v) is 4.18. The van der Waals surface area contributed by atoms with Crippen molar-refractivity contribution in [1.82, 2.24) is 10.2 Å². The summed E-state index contributed by atoms with van der Waals surface area (Å²) in [5, 5.41) is 3.27. The van der Waals surface area contributed by atoms with Crippen molar-refractivity contribution in [2.75, 3.05) is 37.6 Å². The number of amides is 2. The molecule has 3 fully saturated rings. The van der Waals surface area contributed by atoms with E-state index in [9.17, 15) is 22.8 Å². The molecule has 9 heteroatoms. The van der Waals surface area contributed by atoms with Gasteiger partial charge in [0.15, 0.2) is 0 Å². The highest BCUT2D eigenvalue weighted by Crippen LogP contribution is 2.35. The molecule has 1 aromatic rings. The summed E-state index contributed by atoms with van der Waals surface area (Å²) in [6.45, 7) is 3.18. The molecule has 0 aliphatic carbocycles. The summed E-state index contributed by atoms with van der Waals surface area (Å²) in [6.07, 6.45) is -3.64. The van der Waals surface area contributed by atoms with Gasteiger partial charge in [0.1, 0.15) is 0 Å². The quantitative estimate of drug-likeness (QED) is 0.825. The second-order valence-corrected chi connectivity index (χ2v) is 7.30. The molecule has 0 bridgehead atoms. The van der Waals surface area contributed by atoms with Crippen molar-refractivity contribution in [3.63, 3.8) is 0 Å². The van der Waals surface area contributed by atoms with Crippen LogP contribution in [0.3, 0.4) is 0 Å². The summed E-state index contributed by atoms with van der Waals surface area (Å²) in [7, 11) is 0. The van der Waals surface area contributed by atoms with Crippen molar-refractivity contribution in [2.45, 2.75) is 19.0 Å². The van der Waals surface area contributed by atoms with E-state index in [4.69, 9.17) is 0 Å². The first kappa shape index (κ1) is 19.9. The van der Waals surface area contributed by atoms with Crippen molar-refractivity contribution >= 4 is 29.9 Å². The molecule has 0 spiro atoms. The number of nitrogens with zero attached hydrogens (tertiary/aromatic N) is 2. The van der Waals surface area contributed by atoms with Crippen LogP contribution >= 0.6 is 12.4 Å². The molecule has 0 radical (unpaired) electrons. The minimum atomic E-state index is -4.57. The van der Waals surface area contributed by atoms with Crippen LogP contribution in [0.2, 0.25) is 0 Å². The zero-order valence-electron chi connectivity index (χ0n) is 14.6. The first-order valence-electron chi connectivity index (χ1n) is 8.85. The zero-order valence-corrected chi connectivity index (χ0v) is 15.4. The summed E-state index contributed by atoms with van der Waals surface area (Å²) in [5.41, 5.74) is -0.728. The number of hydrogen-bond donors (Lipinski definition) is 1. The molecule has 27 heavy (non-hydrogen) atoms. The molecule has 2 atom stereocenters. The molecule has 3 aliphatic rings. The first-order chi connectivity index (χ1) is 12.3. The number of rotatable bonds is 2. The zero-order chi connectivity index (χ0) is 18.5. The number of carbonyl (C=O) groups is 2. The SMILES string of the molecule is Cl.O=C(c1cc(N2CCCC2=O)cc(C(F)(F)F)c1)N1C[C@H]2CNC[C@H]2C1. The van der Waals surface area contributed by atoms with Crippen LogP contribution in [0.25, 0.3) is 0 Å². The number of fused-ring (bicyclic) bond motifs is 1. The maximum Gasteiger partial charge on any atom is 0.416 e. The van der Waals surface area contributed by atoms with Gasteiger partial charge in [0.25, 0.3) is 5.91 Å². The van der Waals surface area contributed by atoms with E-state index in [-0.39, 0.29) is 29.6 Å². The number of likely N-dealkylation sites (tertiary alicyclic amines) is 1. The summed E-state index contributed by atoms with van der Waals surface area (Å²) in [4.78, 5) is 27.8. The molecule has 0 aromatic heterocycles. The number of alkyl halides is 3. The van der Waals surface area contributed by atoms with Gasteiger partial charge in [-0.05, 0) is 36.5 Å². The number of hydrogen-bond acceptors (Lipinski definition) is 3. The Morgan fingerprint density at radius 3 is 2.33 bits per heavy atom. The van der Waals surface area contributed by atoms with E-state index in [1.807, 2.05) is 0 Å². The second kappa shape index (κ2) is 7.31. The van der Waals surface area contributed by atoms with Crippen LogP contribution < -0.4 is 10.2 Å². The number of nitrogens with one attached hydrogen (secondary N) is 1. The minimum Gasteiger partial charge on any atom is -0.338 e. The highest BCUT2D eigenvalue weighted by Gasteiger charge is 2.39. The molecular weight excluding hydrogens is 383 g/mol. The third-order valence-corrected chi connectivity index (χ3v) is 5.55. The minimum absolute atomic E-state index is 0. The lowest BCUT2D eigenvalue weighted by molar-refractivity contribution is -0.137. The highest BCUT2D eigenvalue weighted by molar-refractivity contribution is 5.99. The molecule has 148 valence electrons. The third kappa shape index (κ3) is 3.78. The van der Waals surface area contributed by atoms with E-state index in [0.29, 0.717) is 44.3 Å². The number of carbonyl (C=O) groups excluding carboxylic acids is 2. The molecule has 3 saturated heterocycles. The van der Waals surface area contributed by atoms with E-state index in [2.05, 4.69) is 5.32 Å². The molecule has 1 aromatic carbocycles. The van der Waals surface area contributed by atoms with E-state index in [0.717, 1.165) is 25.2 Å². The van der Waals surface area contributed by atoms with E-state index in [1.54, 1.807) is 4.90 Å². The van der Waals surface area contributed by atoms with Gasteiger partial charge in [-0.25, -0.2) is 0 Å². The number of halogens is 4. The van der Waals surface area contributed by atoms with Gasteiger partial charge in [-0.2, -0.15) is 13.2 Å². The Morgan fingerprint density at radius 2 is 1.78 bits per heavy atom. The van der Waals surface area contributed by atoms with Gasteiger partial charge < -0.3 is 15.1 Å². The van der Waals surface area contributed by atoms with Gasteiger partial charge in [-0.3, -0.25) is 9.59 Å². The third-order valence-electron chi connectivity index (χ3n) is 5.55. The van der Waals surface area contributed by atoms with Crippen LogP contribution in [0.4, 0.5) is 18.9 Å². The predicted octanol–water partition coefficient (Wildman–Crippen LogP) is 2.55. The van der Waals surface area contributed by atoms with Crippen LogP contribution in [0.5, 0.6) is 0 Å². The largest absolute Gasteiger partial charge is 0.416 e. The monoisotopic (exact) mass is 403 g/mol. The Morgan fingerprint density at radius 1 is 1.11 bits per heavy atom. The lowest BCUT2D eigenvalue weighted by Gasteiger charge is -2.22. The second-order valence-electron chi connectivity index (χ2n) is 7.30. The normalized spacial score (nSPS) is 24.9. The Kier molecular flexibility index (Phi) is 5.40. The summed E-state index contributed by atoms with van der Waals surface area (Å²) in [6, 6.07) is 3.29. The maximum atomic E-state index is 13.3. The van der Waals surface area contributed by atoms with E-state index >= 15 is 0 Å². The predicted molar refractivity (Wildman–Crippen MR) is 96.0 cm³/mol. The van der Waals surface area contributed by atoms with Gasteiger partial charge in [0, 0.05) is 50.4 Å². The first-order valence-corrected chi connectivity index (χ1v) is 8.85. The molecule has 2 amide bonds. The van der Waals surface area contributed by atoms with E-state index in [1.165, 1.54) is 11.0 Å². The number of benzene rings is 1. The highest BCUT2D eigenvalue weighted by atomic mass is 35.5. The van der Waals surface area contributed by atoms with Gasteiger partial charge in [0.05, 0.1) is 5.56 Å². The topological polar surface area (TPSA) is 52.7 Å². The molecule has 3 heterocycles. The van der Waals surface area contributed by atoms with Gasteiger partial charge in [-0.15, -0.1) is 12.4 Å².